The summed E-state index contributed by atoms with van der Waals surface area (Å²) >= 11 is 0. The molecule has 0 aliphatic heterocycles. The number of aliphatic hydroxyl groups excluding tert-OH is 1. The molecule has 0 saturated heterocycles. The lowest BCUT2D eigenvalue weighted by molar-refractivity contribution is 0.270. The van der Waals surface area contributed by atoms with Gasteiger partial charge in [0.05, 0.1) is 6.61 Å². The summed E-state index contributed by atoms with van der Waals surface area (Å²) in [6, 6.07) is 3.91. The van der Waals surface area contributed by atoms with E-state index in [0.717, 1.165) is 11.3 Å². The average Bonchev–Trinajstić information content (AvgIpc) is 2.04. The van der Waals surface area contributed by atoms with Crippen molar-refractivity contribution in [3.63, 3.8) is 0 Å². The molecule has 1 rings (SSSR count). The summed E-state index contributed by atoms with van der Waals surface area (Å²) in [5.74, 6) is 0.149. The number of hydrogen-bond donors (Lipinski definition) is 1. The fraction of sp³-hybridized carbons (Fsp3) is 0.444. The van der Waals surface area contributed by atoms with Crippen LogP contribution >= 0.6 is 0 Å². The zero-order chi connectivity index (χ0) is 8.27. The molecule has 1 N–H and O–H groups in total. The number of nitrogens with zero attached hydrogens (tertiary/aromatic N) is 1. The molecule has 60 valence electrons. The first kappa shape index (κ1) is 8.21. The highest BCUT2D eigenvalue weighted by atomic mass is 16.3. The number of pyridine rings is 1. The largest absolute Gasteiger partial charge is 0.396 e. The fourth-order valence-corrected chi connectivity index (χ4v) is 1.10. The van der Waals surface area contributed by atoms with Crippen molar-refractivity contribution in [1.82, 2.24) is 4.98 Å². The van der Waals surface area contributed by atoms with Crippen molar-refractivity contribution in [3.8, 4) is 0 Å². The summed E-state index contributed by atoms with van der Waals surface area (Å²) in [5, 5.41) is 8.87. The summed E-state index contributed by atoms with van der Waals surface area (Å²) in [7, 11) is 0. The Hall–Kier alpha value is -0.890. The highest BCUT2D eigenvalue weighted by Gasteiger charge is 2.06. The van der Waals surface area contributed by atoms with Gasteiger partial charge in [0.15, 0.2) is 0 Å². The first-order chi connectivity index (χ1) is 5.25. The van der Waals surface area contributed by atoms with Crippen molar-refractivity contribution < 1.29 is 5.11 Å². The van der Waals surface area contributed by atoms with E-state index in [9.17, 15) is 0 Å². The summed E-state index contributed by atoms with van der Waals surface area (Å²) < 4.78 is 0. The van der Waals surface area contributed by atoms with Gasteiger partial charge in [0.25, 0.3) is 0 Å². The number of aromatic nitrogens is 1. The van der Waals surface area contributed by atoms with E-state index in [0.29, 0.717) is 0 Å². The molecule has 0 radical (unpaired) electrons. The molecule has 0 aliphatic rings. The van der Waals surface area contributed by atoms with Crippen molar-refractivity contribution in [1.29, 1.82) is 0 Å². The molecule has 1 aromatic rings. The van der Waals surface area contributed by atoms with Gasteiger partial charge in [-0.05, 0) is 18.6 Å². The summed E-state index contributed by atoms with van der Waals surface area (Å²) in [5.41, 5.74) is 2.14. The monoisotopic (exact) mass is 151 g/mol. The molecule has 0 amide bonds. The van der Waals surface area contributed by atoms with E-state index in [1.807, 2.05) is 26.0 Å². The second-order valence-corrected chi connectivity index (χ2v) is 2.79. The van der Waals surface area contributed by atoms with Crippen molar-refractivity contribution in [3.05, 3.63) is 29.6 Å². The van der Waals surface area contributed by atoms with E-state index < -0.39 is 0 Å². The topological polar surface area (TPSA) is 33.1 Å². The Labute approximate surface area is 66.9 Å². The first-order valence-electron chi connectivity index (χ1n) is 3.78. The Morgan fingerprint density at radius 3 is 2.91 bits per heavy atom. The van der Waals surface area contributed by atoms with Crippen LogP contribution in [0.5, 0.6) is 0 Å². The zero-order valence-corrected chi connectivity index (χ0v) is 6.91. The standard InChI is InChI=1S/C9H13NO/c1-7-4-3-5-10-9(7)8(2)6-11/h3-5,8,11H,6H2,1-2H3. The molecule has 0 fully saturated rings. The van der Waals surface area contributed by atoms with Crippen LogP contribution < -0.4 is 0 Å². The molecule has 2 nitrogen and oxygen atoms in total. The van der Waals surface area contributed by atoms with Gasteiger partial charge in [0.2, 0.25) is 0 Å². The molecule has 1 atom stereocenters. The SMILES string of the molecule is Cc1cccnc1C(C)CO. The van der Waals surface area contributed by atoms with Gasteiger partial charge in [-0.2, -0.15) is 0 Å². The van der Waals surface area contributed by atoms with Crippen LogP contribution in [0.2, 0.25) is 0 Å². The van der Waals surface area contributed by atoms with E-state index in [1.54, 1.807) is 6.20 Å². The Morgan fingerprint density at radius 2 is 2.36 bits per heavy atom. The van der Waals surface area contributed by atoms with Gasteiger partial charge >= 0.3 is 0 Å². The average molecular weight is 151 g/mol. The third-order valence-electron chi connectivity index (χ3n) is 1.79. The normalized spacial score (nSPS) is 13.0. The number of aryl methyl sites for hydroxylation is 1. The van der Waals surface area contributed by atoms with E-state index in [1.165, 1.54) is 0 Å². The van der Waals surface area contributed by atoms with Crippen LogP contribution in [0.15, 0.2) is 18.3 Å². The molecular formula is C9H13NO. The predicted molar refractivity (Wildman–Crippen MR) is 44.5 cm³/mol. The molecule has 0 aliphatic carbocycles. The van der Waals surface area contributed by atoms with E-state index >= 15 is 0 Å². The second-order valence-electron chi connectivity index (χ2n) is 2.79. The first-order valence-corrected chi connectivity index (χ1v) is 3.78. The molecule has 0 saturated carbocycles. The van der Waals surface area contributed by atoms with Gasteiger partial charge in [0.1, 0.15) is 0 Å². The summed E-state index contributed by atoms with van der Waals surface area (Å²) in [6.45, 7) is 4.14. The van der Waals surface area contributed by atoms with Gasteiger partial charge in [-0.15, -0.1) is 0 Å². The van der Waals surface area contributed by atoms with Crippen LogP contribution in [0.3, 0.4) is 0 Å². The Bertz CT molecular complexity index is 235. The summed E-state index contributed by atoms with van der Waals surface area (Å²) in [6.07, 6.45) is 1.76. The van der Waals surface area contributed by atoms with Crippen LogP contribution in [-0.4, -0.2) is 16.7 Å². The molecule has 0 spiro atoms. The van der Waals surface area contributed by atoms with Gasteiger partial charge in [-0.3, -0.25) is 4.98 Å². The highest BCUT2D eigenvalue weighted by molar-refractivity contribution is 5.20. The molecule has 0 bridgehead atoms. The van der Waals surface area contributed by atoms with Crippen LogP contribution in [0, 0.1) is 6.92 Å². The summed E-state index contributed by atoms with van der Waals surface area (Å²) in [4.78, 5) is 4.19. The quantitative estimate of drug-likeness (QED) is 0.694. The number of hydrogen-bond acceptors (Lipinski definition) is 2. The van der Waals surface area contributed by atoms with E-state index in [-0.39, 0.29) is 12.5 Å². The van der Waals surface area contributed by atoms with Crippen LogP contribution in [-0.2, 0) is 0 Å². The third-order valence-corrected chi connectivity index (χ3v) is 1.79. The molecule has 1 aromatic heterocycles. The minimum absolute atomic E-state index is 0.149. The second kappa shape index (κ2) is 3.49. The van der Waals surface area contributed by atoms with Gasteiger partial charge in [-0.25, -0.2) is 0 Å². The lowest BCUT2D eigenvalue weighted by Crippen LogP contribution is -2.03. The molecule has 11 heavy (non-hydrogen) atoms. The number of rotatable bonds is 2. The third kappa shape index (κ3) is 1.77. The van der Waals surface area contributed by atoms with Crippen molar-refractivity contribution >= 4 is 0 Å². The minimum Gasteiger partial charge on any atom is -0.396 e. The maximum Gasteiger partial charge on any atom is 0.0512 e. The van der Waals surface area contributed by atoms with Crippen LogP contribution in [0.25, 0.3) is 0 Å². The zero-order valence-electron chi connectivity index (χ0n) is 6.91. The lowest BCUT2D eigenvalue weighted by Gasteiger charge is -2.08. The van der Waals surface area contributed by atoms with Gasteiger partial charge in [-0.1, -0.05) is 13.0 Å². The maximum absolute atomic E-state index is 8.87. The Kier molecular flexibility index (Phi) is 2.60. The fourth-order valence-electron chi connectivity index (χ4n) is 1.10. The molecule has 1 heterocycles. The molecule has 2 heteroatoms. The van der Waals surface area contributed by atoms with Crippen LogP contribution in [0.4, 0.5) is 0 Å². The van der Waals surface area contributed by atoms with E-state index in [2.05, 4.69) is 4.98 Å². The molecule has 1 unspecified atom stereocenters. The lowest BCUT2D eigenvalue weighted by atomic mass is 10.0. The highest BCUT2D eigenvalue weighted by Crippen LogP contribution is 2.14. The van der Waals surface area contributed by atoms with E-state index in [4.69, 9.17) is 5.11 Å². The van der Waals surface area contributed by atoms with Crippen LogP contribution in [0.1, 0.15) is 24.1 Å². The minimum atomic E-state index is 0.149. The van der Waals surface area contributed by atoms with Gasteiger partial charge < -0.3 is 5.11 Å². The smallest absolute Gasteiger partial charge is 0.0512 e. The van der Waals surface area contributed by atoms with Crippen molar-refractivity contribution in [2.24, 2.45) is 0 Å². The van der Waals surface area contributed by atoms with Crippen molar-refractivity contribution in [2.75, 3.05) is 6.61 Å². The number of aliphatic hydroxyl groups is 1. The predicted octanol–water partition coefficient (Wildman–Crippen LogP) is 1.49. The Morgan fingerprint density at radius 1 is 1.64 bits per heavy atom. The maximum atomic E-state index is 8.87. The molecular weight excluding hydrogens is 138 g/mol. The van der Waals surface area contributed by atoms with Gasteiger partial charge in [0, 0.05) is 17.8 Å². The Balaban J connectivity index is 2.93. The molecule has 0 aromatic carbocycles. The van der Waals surface area contributed by atoms with Crippen molar-refractivity contribution in [2.45, 2.75) is 19.8 Å².